The fourth-order valence-electron chi connectivity index (χ4n) is 0.784. The predicted molar refractivity (Wildman–Crippen MR) is 39.2 cm³/mol. The van der Waals surface area contributed by atoms with Gasteiger partial charge in [0.1, 0.15) is 5.82 Å². The molecule has 12 heavy (non-hydrogen) atoms. The molecule has 0 aliphatic carbocycles. The lowest BCUT2D eigenvalue weighted by molar-refractivity contribution is 0.151. The van der Waals surface area contributed by atoms with Gasteiger partial charge in [-0.2, -0.15) is 0 Å². The highest BCUT2D eigenvalue weighted by molar-refractivity contribution is 5.45. The summed E-state index contributed by atoms with van der Waals surface area (Å²) in [4.78, 5) is 0. The van der Waals surface area contributed by atoms with Crippen LogP contribution in [0, 0.1) is 5.82 Å². The molecular weight excluding hydrogens is 169 g/mol. The molecule has 1 aromatic rings. The number of nitrogen functional groups attached to an aromatic ring is 1. The molecule has 0 radical (unpaired) electrons. The van der Waals surface area contributed by atoms with Crippen molar-refractivity contribution in [1.29, 1.82) is 0 Å². The van der Waals surface area contributed by atoms with Crippen LogP contribution in [0.5, 0.6) is 0 Å². The molecule has 0 aromatic heterocycles. The molecule has 0 saturated carbocycles. The second kappa shape index (κ2) is 3.44. The molecule has 0 bridgehead atoms. The molecule has 0 unspecified atom stereocenters. The number of nitrogens with one attached hydrogen (secondary N) is 1. The van der Waals surface area contributed by atoms with E-state index in [1.165, 1.54) is 0 Å². The summed E-state index contributed by atoms with van der Waals surface area (Å²) >= 11 is 0. The maximum absolute atomic E-state index is 12.7. The van der Waals surface area contributed by atoms with Gasteiger partial charge < -0.3 is 5.43 Å². The molecule has 0 atom stereocenters. The highest BCUT2D eigenvalue weighted by Crippen LogP contribution is 2.22. The van der Waals surface area contributed by atoms with Crippen molar-refractivity contribution in [2.45, 2.75) is 6.43 Å². The molecular formula is C7H7F3N2. The number of halogens is 3. The Labute approximate surface area is 67.2 Å². The van der Waals surface area contributed by atoms with Crippen molar-refractivity contribution >= 4 is 5.69 Å². The number of nitrogens with two attached hydrogens (primary N) is 1. The van der Waals surface area contributed by atoms with Gasteiger partial charge in [0.2, 0.25) is 0 Å². The Bertz CT molecular complexity index is 275. The summed E-state index contributed by atoms with van der Waals surface area (Å²) in [5, 5.41) is 0. The van der Waals surface area contributed by atoms with Gasteiger partial charge in [0.15, 0.2) is 0 Å². The van der Waals surface area contributed by atoms with Crippen molar-refractivity contribution in [2.24, 2.45) is 5.84 Å². The standard InChI is InChI=1S/C7H7F3N2/c8-5-3-4(7(9)10)1-2-6(5)12-11/h1-3,7,12H,11H2. The van der Waals surface area contributed by atoms with E-state index in [2.05, 4.69) is 0 Å². The van der Waals surface area contributed by atoms with E-state index in [1.54, 1.807) is 0 Å². The van der Waals surface area contributed by atoms with Crippen molar-refractivity contribution in [3.8, 4) is 0 Å². The number of hydrogen-bond donors (Lipinski definition) is 2. The van der Waals surface area contributed by atoms with E-state index in [-0.39, 0.29) is 11.3 Å². The summed E-state index contributed by atoms with van der Waals surface area (Å²) in [6, 6.07) is 3.03. The fourth-order valence-corrected chi connectivity index (χ4v) is 0.784. The Balaban J connectivity index is 3.02. The minimum absolute atomic E-state index is 0.000556. The zero-order chi connectivity index (χ0) is 9.14. The van der Waals surface area contributed by atoms with E-state index >= 15 is 0 Å². The number of hydrazine groups is 1. The first-order valence-corrected chi connectivity index (χ1v) is 3.19. The van der Waals surface area contributed by atoms with Crippen LogP contribution >= 0.6 is 0 Å². The minimum atomic E-state index is -2.66. The zero-order valence-corrected chi connectivity index (χ0v) is 6.02. The van der Waals surface area contributed by atoms with Crippen molar-refractivity contribution in [1.82, 2.24) is 0 Å². The van der Waals surface area contributed by atoms with Crippen LogP contribution in [0.15, 0.2) is 18.2 Å². The monoisotopic (exact) mass is 176 g/mol. The maximum atomic E-state index is 12.7. The van der Waals surface area contributed by atoms with Crippen LogP contribution in [0.4, 0.5) is 18.9 Å². The number of alkyl halides is 2. The average molecular weight is 176 g/mol. The summed E-state index contributed by atoms with van der Waals surface area (Å²) in [6.07, 6.45) is -2.66. The van der Waals surface area contributed by atoms with Crippen LogP contribution in [-0.2, 0) is 0 Å². The van der Waals surface area contributed by atoms with Gasteiger partial charge in [0.05, 0.1) is 5.69 Å². The molecule has 0 saturated heterocycles. The van der Waals surface area contributed by atoms with Gasteiger partial charge in [-0.1, -0.05) is 6.07 Å². The van der Waals surface area contributed by atoms with Gasteiger partial charge in [-0.25, -0.2) is 13.2 Å². The van der Waals surface area contributed by atoms with Gasteiger partial charge in [0.25, 0.3) is 6.43 Å². The summed E-state index contributed by atoms with van der Waals surface area (Å²) in [5.74, 6) is 4.12. The molecule has 0 fully saturated rings. The Kier molecular flexibility index (Phi) is 2.54. The van der Waals surface area contributed by atoms with Crippen LogP contribution in [0.1, 0.15) is 12.0 Å². The molecule has 5 heteroatoms. The number of hydrogen-bond acceptors (Lipinski definition) is 2. The summed E-state index contributed by atoms with van der Waals surface area (Å²) in [5.41, 5.74) is 1.69. The first-order valence-electron chi connectivity index (χ1n) is 3.19. The number of rotatable bonds is 2. The second-order valence-corrected chi connectivity index (χ2v) is 2.18. The third kappa shape index (κ3) is 1.68. The van der Waals surface area contributed by atoms with Crippen LogP contribution in [0.25, 0.3) is 0 Å². The van der Waals surface area contributed by atoms with Gasteiger partial charge in [-0.05, 0) is 12.1 Å². The molecule has 0 aliphatic rings. The van der Waals surface area contributed by atoms with Crippen molar-refractivity contribution < 1.29 is 13.2 Å². The van der Waals surface area contributed by atoms with Gasteiger partial charge in [-0.15, -0.1) is 0 Å². The molecule has 1 rings (SSSR count). The van der Waals surface area contributed by atoms with Crippen LogP contribution in [-0.4, -0.2) is 0 Å². The van der Waals surface area contributed by atoms with Crippen LogP contribution in [0.3, 0.4) is 0 Å². The number of benzene rings is 1. The van der Waals surface area contributed by atoms with Gasteiger partial charge in [-0.3, -0.25) is 5.84 Å². The van der Waals surface area contributed by atoms with E-state index in [4.69, 9.17) is 5.84 Å². The summed E-state index contributed by atoms with van der Waals surface area (Å²) < 4.78 is 36.7. The molecule has 3 N–H and O–H groups in total. The van der Waals surface area contributed by atoms with E-state index < -0.39 is 12.2 Å². The lowest BCUT2D eigenvalue weighted by Gasteiger charge is -2.03. The topological polar surface area (TPSA) is 38.0 Å². The quantitative estimate of drug-likeness (QED) is 0.534. The summed E-state index contributed by atoms with van der Waals surface area (Å²) in [6.45, 7) is 0. The van der Waals surface area contributed by atoms with Gasteiger partial charge >= 0.3 is 0 Å². The first kappa shape index (κ1) is 8.86. The van der Waals surface area contributed by atoms with Crippen molar-refractivity contribution in [3.05, 3.63) is 29.6 Å². The molecule has 66 valence electrons. The predicted octanol–water partition coefficient (Wildman–Crippen LogP) is 2.05. The molecule has 0 amide bonds. The smallest absolute Gasteiger partial charge is 0.263 e. The Hall–Kier alpha value is -1.23. The van der Waals surface area contributed by atoms with Crippen molar-refractivity contribution in [3.63, 3.8) is 0 Å². The van der Waals surface area contributed by atoms with E-state index in [9.17, 15) is 13.2 Å². The maximum Gasteiger partial charge on any atom is 0.263 e. The van der Waals surface area contributed by atoms with Gasteiger partial charge in [0, 0.05) is 5.56 Å². The lowest BCUT2D eigenvalue weighted by Crippen LogP contribution is -2.08. The number of anilines is 1. The Morgan fingerprint density at radius 3 is 2.42 bits per heavy atom. The third-order valence-corrected chi connectivity index (χ3v) is 1.40. The molecule has 1 aromatic carbocycles. The minimum Gasteiger partial charge on any atom is -0.321 e. The zero-order valence-electron chi connectivity index (χ0n) is 6.02. The SMILES string of the molecule is NNc1ccc(C(F)F)cc1F. The second-order valence-electron chi connectivity index (χ2n) is 2.18. The van der Waals surface area contributed by atoms with E-state index in [0.29, 0.717) is 0 Å². The lowest BCUT2D eigenvalue weighted by atomic mass is 10.2. The molecule has 0 spiro atoms. The van der Waals surface area contributed by atoms with Crippen molar-refractivity contribution in [2.75, 3.05) is 5.43 Å². The first-order chi connectivity index (χ1) is 5.65. The Morgan fingerprint density at radius 1 is 1.33 bits per heavy atom. The average Bonchev–Trinajstić information content (AvgIpc) is 2.04. The third-order valence-electron chi connectivity index (χ3n) is 1.40. The van der Waals surface area contributed by atoms with Crippen LogP contribution < -0.4 is 11.3 Å². The molecule has 0 heterocycles. The van der Waals surface area contributed by atoms with E-state index in [0.717, 1.165) is 18.2 Å². The fraction of sp³-hybridized carbons (Fsp3) is 0.143. The Morgan fingerprint density at radius 2 is 2.00 bits per heavy atom. The molecule has 2 nitrogen and oxygen atoms in total. The largest absolute Gasteiger partial charge is 0.321 e. The summed E-state index contributed by atoms with van der Waals surface area (Å²) in [7, 11) is 0. The highest BCUT2D eigenvalue weighted by Gasteiger charge is 2.09. The normalized spacial score (nSPS) is 10.4. The molecule has 0 aliphatic heterocycles. The van der Waals surface area contributed by atoms with Crippen LogP contribution in [0.2, 0.25) is 0 Å². The highest BCUT2D eigenvalue weighted by atomic mass is 19.3. The van der Waals surface area contributed by atoms with E-state index in [1.807, 2.05) is 5.43 Å².